The van der Waals surface area contributed by atoms with Crippen molar-refractivity contribution in [3.63, 3.8) is 0 Å². The maximum atomic E-state index is 8.17. The Balaban J connectivity index is 0. The first kappa shape index (κ1) is 25.1. The standard InChI is InChI=1S/C16H34O.C3H8O3/c1-5-7-9-11-13-15(3)17-16(4)14-12-10-8-6-2;4-1-3(6)2-5/h15-16H,5-14H2,1-4H3;3-6H,1-2H2. The SMILES string of the molecule is CCCCCCC(C)OC(C)CCCCCC.OCC(O)CO. The third kappa shape index (κ3) is 21.8. The number of aliphatic hydroxyl groups is 3. The average molecular weight is 335 g/mol. The summed E-state index contributed by atoms with van der Waals surface area (Å²) in [5.41, 5.74) is 0. The van der Waals surface area contributed by atoms with E-state index in [1.54, 1.807) is 0 Å². The third-order valence-corrected chi connectivity index (χ3v) is 3.81. The molecule has 0 aliphatic heterocycles. The van der Waals surface area contributed by atoms with Crippen LogP contribution in [0.4, 0.5) is 0 Å². The number of rotatable bonds is 14. The van der Waals surface area contributed by atoms with Gasteiger partial charge in [-0.25, -0.2) is 0 Å². The van der Waals surface area contributed by atoms with Gasteiger partial charge in [-0.1, -0.05) is 65.2 Å². The lowest BCUT2D eigenvalue weighted by Crippen LogP contribution is -2.17. The van der Waals surface area contributed by atoms with Gasteiger partial charge < -0.3 is 20.1 Å². The van der Waals surface area contributed by atoms with E-state index in [9.17, 15) is 0 Å². The molecule has 0 heterocycles. The molecule has 3 N–H and O–H groups in total. The number of hydrogen-bond donors (Lipinski definition) is 3. The molecule has 4 nitrogen and oxygen atoms in total. The lowest BCUT2D eigenvalue weighted by molar-refractivity contribution is -0.00229. The Morgan fingerprint density at radius 3 is 1.35 bits per heavy atom. The zero-order chi connectivity index (χ0) is 17.9. The van der Waals surface area contributed by atoms with E-state index >= 15 is 0 Å². The highest BCUT2D eigenvalue weighted by molar-refractivity contribution is 4.57. The summed E-state index contributed by atoms with van der Waals surface area (Å²) in [5.74, 6) is 0. The Morgan fingerprint density at radius 1 is 0.696 bits per heavy atom. The van der Waals surface area contributed by atoms with E-state index in [0.29, 0.717) is 12.2 Å². The minimum Gasteiger partial charge on any atom is -0.394 e. The van der Waals surface area contributed by atoms with Crippen molar-refractivity contribution in [1.82, 2.24) is 0 Å². The van der Waals surface area contributed by atoms with Gasteiger partial charge in [-0.2, -0.15) is 0 Å². The van der Waals surface area contributed by atoms with Crippen LogP contribution in [0, 0.1) is 0 Å². The molecule has 0 aromatic carbocycles. The van der Waals surface area contributed by atoms with Gasteiger partial charge in [-0.05, 0) is 26.7 Å². The van der Waals surface area contributed by atoms with Crippen molar-refractivity contribution < 1.29 is 20.1 Å². The fourth-order valence-corrected chi connectivity index (χ4v) is 2.31. The molecule has 0 amide bonds. The Labute approximate surface area is 144 Å². The summed E-state index contributed by atoms with van der Waals surface area (Å²) in [6.45, 7) is 8.26. The quantitative estimate of drug-likeness (QED) is 0.419. The van der Waals surface area contributed by atoms with Gasteiger partial charge in [0.25, 0.3) is 0 Å². The van der Waals surface area contributed by atoms with E-state index in [0.717, 1.165) is 0 Å². The Kier molecular flexibility index (Phi) is 21.7. The van der Waals surface area contributed by atoms with Gasteiger partial charge in [-0.3, -0.25) is 0 Å². The van der Waals surface area contributed by atoms with Crippen LogP contribution in [0.3, 0.4) is 0 Å². The monoisotopic (exact) mass is 334 g/mol. The predicted molar refractivity (Wildman–Crippen MR) is 97.7 cm³/mol. The summed E-state index contributed by atoms with van der Waals surface area (Å²) in [6, 6.07) is 0. The molecule has 0 aromatic rings. The molecule has 0 radical (unpaired) electrons. The maximum absolute atomic E-state index is 8.17. The molecule has 0 bridgehead atoms. The van der Waals surface area contributed by atoms with Gasteiger partial charge >= 0.3 is 0 Å². The van der Waals surface area contributed by atoms with Crippen molar-refractivity contribution in [3.05, 3.63) is 0 Å². The second-order valence-corrected chi connectivity index (χ2v) is 6.47. The van der Waals surface area contributed by atoms with Crippen molar-refractivity contribution in [2.45, 2.75) is 110 Å². The summed E-state index contributed by atoms with van der Waals surface area (Å²) in [7, 11) is 0. The third-order valence-electron chi connectivity index (χ3n) is 3.81. The van der Waals surface area contributed by atoms with Crippen LogP contribution in [0.2, 0.25) is 0 Å². The molecule has 142 valence electrons. The van der Waals surface area contributed by atoms with E-state index in [1.807, 2.05) is 0 Å². The van der Waals surface area contributed by atoms with Crippen LogP contribution in [0.15, 0.2) is 0 Å². The second-order valence-electron chi connectivity index (χ2n) is 6.47. The zero-order valence-electron chi connectivity index (χ0n) is 16.0. The van der Waals surface area contributed by atoms with Crippen LogP contribution < -0.4 is 0 Å². The smallest absolute Gasteiger partial charge is 0.100 e. The summed E-state index contributed by atoms with van der Waals surface area (Å²) >= 11 is 0. The van der Waals surface area contributed by atoms with Gasteiger partial charge in [0, 0.05) is 0 Å². The highest BCUT2D eigenvalue weighted by atomic mass is 16.5. The molecule has 0 aliphatic rings. The number of hydrogen-bond acceptors (Lipinski definition) is 4. The van der Waals surface area contributed by atoms with Crippen molar-refractivity contribution >= 4 is 0 Å². The minimum atomic E-state index is -0.954. The van der Waals surface area contributed by atoms with Crippen molar-refractivity contribution in [2.24, 2.45) is 0 Å². The molecule has 0 spiro atoms. The highest BCUT2D eigenvalue weighted by Crippen LogP contribution is 2.13. The fourth-order valence-electron chi connectivity index (χ4n) is 2.31. The first-order chi connectivity index (χ1) is 11.0. The maximum Gasteiger partial charge on any atom is 0.100 e. The van der Waals surface area contributed by atoms with Gasteiger partial charge in [0.15, 0.2) is 0 Å². The van der Waals surface area contributed by atoms with Crippen molar-refractivity contribution in [1.29, 1.82) is 0 Å². The molecule has 0 fully saturated rings. The Bertz CT molecular complexity index is 192. The molecular formula is C19H42O4. The van der Waals surface area contributed by atoms with Crippen LogP contribution >= 0.6 is 0 Å². The van der Waals surface area contributed by atoms with Crippen molar-refractivity contribution in [2.75, 3.05) is 13.2 Å². The minimum absolute atomic E-state index is 0.365. The molecule has 0 aliphatic carbocycles. The van der Waals surface area contributed by atoms with Gasteiger partial charge in [0.2, 0.25) is 0 Å². The van der Waals surface area contributed by atoms with Gasteiger partial charge in [0.1, 0.15) is 6.10 Å². The largest absolute Gasteiger partial charge is 0.394 e. The number of unbranched alkanes of at least 4 members (excludes halogenated alkanes) is 6. The first-order valence-electron chi connectivity index (χ1n) is 9.56. The second kappa shape index (κ2) is 19.9. The summed E-state index contributed by atoms with van der Waals surface area (Å²) in [5, 5.41) is 24.0. The first-order valence-corrected chi connectivity index (χ1v) is 9.56. The fraction of sp³-hybridized carbons (Fsp3) is 1.00. The van der Waals surface area contributed by atoms with Crippen LogP contribution in [-0.4, -0.2) is 46.8 Å². The topological polar surface area (TPSA) is 69.9 Å². The molecule has 4 heteroatoms. The van der Waals surface area contributed by atoms with Crippen molar-refractivity contribution in [3.8, 4) is 0 Å². The summed E-state index contributed by atoms with van der Waals surface area (Å²) in [6.07, 6.45) is 13.2. The number of aliphatic hydroxyl groups excluding tert-OH is 3. The van der Waals surface area contributed by atoms with E-state index in [1.165, 1.54) is 64.2 Å². The highest BCUT2D eigenvalue weighted by Gasteiger charge is 2.08. The van der Waals surface area contributed by atoms with E-state index in [-0.39, 0.29) is 13.2 Å². The Hall–Kier alpha value is -0.160. The molecule has 0 aromatic heterocycles. The molecule has 0 saturated heterocycles. The molecule has 23 heavy (non-hydrogen) atoms. The Morgan fingerprint density at radius 2 is 1.09 bits per heavy atom. The van der Waals surface area contributed by atoms with Crippen LogP contribution in [-0.2, 0) is 4.74 Å². The van der Waals surface area contributed by atoms with Crippen LogP contribution in [0.1, 0.15) is 91.9 Å². The molecule has 2 unspecified atom stereocenters. The summed E-state index contributed by atoms with van der Waals surface area (Å²) < 4.78 is 6.01. The average Bonchev–Trinajstić information content (AvgIpc) is 2.55. The van der Waals surface area contributed by atoms with Gasteiger partial charge in [-0.15, -0.1) is 0 Å². The predicted octanol–water partition coefficient (Wildman–Crippen LogP) is 4.05. The van der Waals surface area contributed by atoms with Gasteiger partial charge in [0.05, 0.1) is 25.4 Å². The summed E-state index contributed by atoms with van der Waals surface area (Å²) in [4.78, 5) is 0. The molecular weight excluding hydrogens is 292 g/mol. The molecule has 2 atom stereocenters. The molecule has 0 saturated carbocycles. The lowest BCUT2D eigenvalue weighted by atomic mass is 10.1. The normalized spacial score (nSPS) is 13.6. The van der Waals surface area contributed by atoms with Crippen LogP contribution in [0.5, 0.6) is 0 Å². The van der Waals surface area contributed by atoms with E-state index in [2.05, 4.69) is 27.7 Å². The zero-order valence-corrected chi connectivity index (χ0v) is 16.0. The lowest BCUT2D eigenvalue weighted by Gasteiger charge is -2.19. The molecule has 0 rings (SSSR count). The van der Waals surface area contributed by atoms with E-state index in [4.69, 9.17) is 20.1 Å². The van der Waals surface area contributed by atoms with Crippen LogP contribution in [0.25, 0.3) is 0 Å². The number of ether oxygens (including phenoxy) is 1. The van der Waals surface area contributed by atoms with E-state index < -0.39 is 6.10 Å².